The van der Waals surface area contributed by atoms with Crippen molar-refractivity contribution in [1.29, 1.82) is 0 Å². The zero-order valence-electron chi connectivity index (χ0n) is 7.48. The van der Waals surface area contributed by atoms with Gasteiger partial charge in [0.1, 0.15) is 6.10 Å². The van der Waals surface area contributed by atoms with Gasteiger partial charge in [-0.3, -0.25) is 20.4 Å². The van der Waals surface area contributed by atoms with Gasteiger partial charge in [-0.05, 0) is 18.4 Å². The van der Waals surface area contributed by atoms with Crippen molar-refractivity contribution in [2.24, 2.45) is 0 Å². The zero-order chi connectivity index (χ0) is 10.6. The smallest absolute Gasteiger partial charge is 0.270 e. The van der Waals surface area contributed by atoms with E-state index in [4.69, 9.17) is 5.11 Å². The summed E-state index contributed by atoms with van der Waals surface area (Å²) in [6, 6.07) is 1.63. The first-order chi connectivity index (χ1) is 6.61. The molecular weight excluding hydrogens is 204 g/mol. The number of hydrogen-bond donors (Lipinski definition) is 3. The van der Waals surface area contributed by atoms with Gasteiger partial charge in [0.2, 0.25) is 0 Å². The Labute approximate surface area is 84.7 Å². The summed E-state index contributed by atoms with van der Waals surface area (Å²) in [4.78, 5) is 22.1. The Morgan fingerprint density at radius 2 is 2.21 bits per heavy atom. The number of hydrazine groups is 1. The van der Waals surface area contributed by atoms with Crippen LogP contribution in [0.3, 0.4) is 0 Å². The third-order valence-electron chi connectivity index (χ3n) is 1.46. The van der Waals surface area contributed by atoms with E-state index in [9.17, 15) is 9.59 Å². The van der Waals surface area contributed by atoms with E-state index >= 15 is 0 Å². The molecule has 0 saturated carbocycles. The van der Waals surface area contributed by atoms with Crippen molar-refractivity contribution >= 4 is 23.2 Å². The van der Waals surface area contributed by atoms with Crippen molar-refractivity contribution in [2.45, 2.75) is 13.0 Å². The van der Waals surface area contributed by atoms with Gasteiger partial charge in [0.25, 0.3) is 11.8 Å². The van der Waals surface area contributed by atoms with E-state index in [2.05, 4.69) is 10.9 Å². The lowest BCUT2D eigenvalue weighted by molar-refractivity contribution is -0.129. The SMILES string of the molecule is CC(O)C(=O)NNC(=O)c1ccsc1. The predicted molar refractivity (Wildman–Crippen MR) is 51.6 cm³/mol. The van der Waals surface area contributed by atoms with Gasteiger partial charge in [0.15, 0.2) is 0 Å². The minimum Gasteiger partial charge on any atom is -0.383 e. The average Bonchev–Trinajstić information content (AvgIpc) is 2.66. The summed E-state index contributed by atoms with van der Waals surface area (Å²) in [5, 5.41) is 12.2. The molecule has 14 heavy (non-hydrogen) atoms. The fourth-order valence-electron chi connectivity index (χ4n) is 0.689. The van der Waals surface area contributed by atoms with Crippen LogP contribution in [0.25, 0.3) is 0 Å². The molecular formula is C8H10N2O3S. The maximum atomic E-state index is 11.2. The first kappa shape index (κ1) is 10.7. The van der Waals surface area contributed by atoms with Crippen LogP contribution in [0.2, 0.25) is 0 Å². The first-order valence-corrected chi connectivity index (χ1v) is 4.86. The van der Waals surface area contributed by atoms with Crippen LogP contribution in [-0.4, -0.2) is 23.0 Å². The second-order valence-corrected chi connectivity index (χ2v) is 3.41. The van der Waals surface area contributed by atoms with Gasteiger partial charge in [-0.2, -0.15) is 11.3 Å². The number of aliphatic hydroxyl groups is 1. The number of aliphatic hydroxyl groups excluding tert-OH is 1. The average molecular weight is 214 g/mol. The second kappa shape index (κ2) is 4.73. The molecule has 0 aliphatic heterocycles. The molecule has 0 saturated heterocycles. The topological polar surface area (TPSA) is 78.4 Å². The fraction of sp³-hybridized carbons (Fsp3) is 0.250. The van der Waals surface area contributed by atoms with Crippen molar-refractivity contribution in [3.63, 3.8) is 0 Å². The Morgan fingerprint density at radius 3 is 2.71 bits per heavy atom. The Hall–Kier alpha value is -1.40. The largest absolute Gasteiger partial charge is 0.383 e. The molecule has 0 bridgehead atoms. The molecule has 1 aromatic heterocycles. The maximum absolute atomic E-state index is 11.2. The highest BCUT2D eigenvalue weighted by Crippen LogP contribution is 2.04. The highest BCUT2D eigenvalue weighted by atomic mass is 32.1. The Balaban J connectivity index is 2.40. The van der Waals surface area contributed by atoms with Crippen LogP contribution in [0.5, 0.6) is 0 Å². The van der Waals surface area contributed by atoms with E-state index in [0.717, 1.165) is 0 Å². The number of hydrogen-bond acceptors (Lipinski definition) is 4. The quantitative estimate of drug-likeness (QED) is 0.601. The van der Waals surface area contributed by atoms with Crippen LogP contribution < -0.4 is 10.9 Å². The van der Waals surface area contributed by atoms with E-state index in [-0.39, 0.29) is 0 Å². The minimum absolute atomic E-state index is 0.403. The van der Waals surface area contributed by atoms with Crippen molar-refractivity contribution in [3.8, 4) is 0 Å². The van der Waals surface area contributed by atoms with Crippen LogP contribution in [0.1, 0.15) is 17.3 Å². The number of thiophene rings is 1. The van der Waals surface area contributed by atoms with Crippen molar-refractivity contribution in [1.82, 2.24) is 10.9 Å². The van der Waals surface area contributed by atoms with E-state index in [1.807, 2.05) is 0 Å². The molecule has 0 spiro atoms. The zero-order valence-corrected chi connectivity index (χ0v) is 8.30. The highest BCUT2D eigenvalue weighted by molar-refractivity contribution is 7.08. The number of nitrogens with one attached hydrogen (secondary N) is 2. The Morgan fingerprint density at radius 1 is 1.50 bits per heavy atom. The normalized spacial score (nSPS) is 11.9. The summed E-state index contributed by atoms with van der Waals surface area (Å²) in [6.45, 7) is 1.31. The highest BCUT2D eigenvalue weighted by Gasteiger charge is 2.10. The van der Waals surface area contributed by atoms with Gasteiger partial charge < -0.3 is 5.11 Å². The number of rotatable bonds is 2. The molecule has 0 aliphatic rings. The van der Waals surface area contributed by atoms with Crippen molar-refractivity contribution in [3.05, 3.63) is 22.4 Å². The third-order valence-corrected chi connectivity index (χ3v) is 2.15. The standard InChI is InChI=1S/C8H10N2O3S/c1-5(11)7(12)9-10-8(13)6-2-3-14-4-6/h2-5,11H,1H3,(H,9,12)(H,10,13). The monoisotopic (exact) mass is 214 g/mol. The van der Waals surface area contributed by atoms with Gasteiger partial charge in [-0.15, -0.1) is 0 Å². The summed E-state index contributed by atoms with van der Waals surface area (Å²) in [5.74, 6) is -1.05. The molecule has 1 atom stereocenters. The summed E-state index contributed by atoms with van der Waals surface area (Å²) in [6.07, 6.45) is -1.14. The molecule has 76 valence electrons. The van der Waals surface area contributed by atoms with Crippen LogP contribution >= 0.6 is 11.3 Å². The fourth-order valence-corrected chi connectivity index (χ4v) is 1.32. The lowest BCUT2D eigenvalue weighted by Crippen LogP contribution is -2.45. The van der Waals surface area contributed by atoms with Crippen LogP contribution in [-0.2, 0) is 4.79 Å². The summed E-state index contributed by atoms with van der Waals surface area (Å²) in [7, 11) is 0. The van der Waals surface area contributed by atoms with Crippen LogP contribution in [0.4, 0.5) is 0 Å². The van der Waals surface area contributed by atoms with Gasteiger partial charge in [0, 0.05) is 5.38 Å². The summed E-state index contributed by atoms with van der Waals surface area (Å²) in [5.41, 5.74) is 4.73. The molecule has 0 radical (unpaired) electrons. The second-order valence-electron chi connectivity index (χ2n) is 2.63. The lowest BCUT2D eigenvalue weighted by atomic mass is 10.3. The molecule has 0 aromatic carbocycles. The van der Waals surface area contributed by atoms with Gasteiger partial charge in [0.05, 0.1) is 5.56 Å². The van der Waals surface area contributed by atoms with E-state index in [1.54, 1.807) is 16.8 Å². The Bertz CT molecular complexity index is 321. The molecule has 1 rings (SSSR count). The lowest BCUT2D eigenvalue weighted by Gasteiger charge is -2.07. The number of carbonyl (C=O) groups is 2. The van der Waals surface area contributed by atoms with E-state index in [0.29, 0.717) is 5.56 Å². The molecule has 2 amide bonds. The van der Waals surface area contributed by atoms with Gasteiger partial charge in [-0.1, -0.05) is 0 Å². The minimum atomic E-state index is -1.14. The van der Waals surface area contributed by atoms with E-state index < -0.39 is 17.9 Å². The van der Waals surface area contributed by atoms with Crippen molar-refractivity contribution < 1.29 is 14.7 Å². The molecule has 3 N–H and O–H groups in total. The van der Waals surface area contributed by atoms with Gasteiger partial charge in [-0.25, -0.2) is 0 Å². The molecule has 1 heterocycles. The Kier molecular flexibility index (Phi) is 3.61. The van der Waals surface area contributed by atoms with Crippen molar-refractivity contribution in [2.75, 3.05) is 0 Å². The molecule has 1 unspecified atom stereocenters. The summed E-state index contributed by atoms with van der Waals surface area (Å²) < 4.78 is 0. The number of amides is 2. The van der Waals surface area contributed by atoms with Crippen LogP contribution in [0, 0.1) is 0 Å². The molecule has 5 nitrogen and oxygen atoms in total. The van der Waals surface area contributed by atoms with Gasteiger partial charge >= 0.3 is 0 Å². The first-order valence-electron chi connectivity index (χ1n) is 3.91. The summed E-state index contributed by atoms with van der Waals surface area (Å²) >= 11 is 1.39. The molecule has 0 fully saturated rings. The maximum Gasteiger partial charge on any atom is 0.270 e. The number of carbonyl (C=O) groups excluding carboxylic acids is 2. The molecule has 0 aliphatic carbocycles. The van der Waals surface area contributed by atoms with Crippen LogP contribution in [0.15, 0.2) is 16.8 Å². The molecule has 1 aromatic rings. The molecule has 6 heteroatoms. The third kappa shape index (κ3) is 2.82. The van der Waals surface area contributed by atoms with E-state index in [1.165, 1.54) is 18.3 Å². The predicted octanol–water partition coefficient (Wildman–Crippen LogP) is -0.110.